The summed E-state index contributed by atoms with van der Waals surface area (Å²) in [6.07, 6.45) is 3.46. The fourth-order valence-corrected chi connectivity index (χ4v) is 4.09. The number of benzene rings is 1. The number of ether oxygens (including phenoxy) is 1. The normalized spacial score (nSPS) is 13.3. The summed E-state index contributed by atoms with van der Waals surface area (Å²) < 4.78 is 4.89. The molecule has 4 aromatic rings. The van der Waals surface area contributed by atoms with Crippen molar-refractivity contribution in [3.8, 4) is 11.5 Å². The molecule has 31 heavy (non-hydrogen) atoms. The number of hydrogen-bond acceptors (Lipinski definition) is 6. The van der Waals surface area contributed by atoms with E-state index in [4.69, 9.17) is 9.72 Å². The maximum Gasteiger partial charge on any atom is 0.337 e. The van der Waals surface area contributed by atoms with Gasteiger partial charge in [-0.05, 0) is 36.8 Å². The van der Waals surface area contributed by atoms with Crippen molar-refractivity contribution in [1.82, 2.24) is 19.9 Å². The number of carbonyl (C=O) groups is 1. The van der Waals surface area contributed by atoms with E-state index in [9.17, 15) is 4.79 Å². The number of H-pyrrole nitrogens is 1. The van der Waals surface area contributed by atoms with Gasteiger partial charge in [-0.25, -0.2) is 14.8 Å². The highest BCUT2D eigenvalue weighted by Crippen LogP contribution is 2.31. The zero-order valence-corrected chi connectivity index (χ0v) is 17.6. The van der Waals surface area contributed by atoms with Crippen LogP contribution >= 0.6 is 0 Å². The molecule has 156 valence electrons. The van der Waals surface area contributed by atoms with E-state index in [-0.39, 0.29) is 5.97 Å². The van der Waals surface area contributed by atoms with E-state index >= 15 is 0 Å². The van der Waals surface area contributed by atoms with Crippen molar-refractivity contribution >= 4 is 22.7 Å². The molecule has 0 aliphatic carbocycles. The Morgan fingerprint density at radius 3 is 2.87 bits per heavy atom. The number of pyridine rings is 1. The summed E-state index contributed by atoms with van der Waals surface area (Å²) in [7, 11) is 1.40. The lowest BCUT2D eigenvalue weighted by Gasteiger charge is -2.28. The second-order valence-corrected chi connectivity index (χ2v) is 7.62. The number of carbonyl (C=O) groups excluding carboxylic acids is 1. The van der Waals surface area contributed by atoms with E-state index in [1.54, 1.807) is 12.3 Å². The van der Waals surface area contributed by atoms with Gasteiger partial charge in [-0.1, -0.05) is 13.0 Å². The van der Waals surface area contributed by atoms with Crippen LogP contribution < -0.4 is 4.90 Å². The molecule has 1 aromatic carbocycles. The maximum atomic E-state index is 12.0. The highest BCUT2D eigenvalue weighted by atomic mass is 16.5. The van der Waals surface area contributed by atoms with Gasteiger partial charge < -0.3 is 14.6 Å². The Balaban J connectivity index is 1.54. The Hall–Kier alpha value is -3.74. The lowest BCUT2D eigenvalue weighted by atomic mass is 10.0. The average molecular weight is 413 g/mol. The van der Waals surface area contributed by atoms with Gasteiger partial charge in [0.2, 0.25) is 0 Å². The molecular weight excluding hydrogens is 390 g/mol. The van der Waals surface area contributed by atoms with E-state index < -0.39 is 0 Å². The Morgan fingerprint density at radius 1 is 1.19 bits per heavy atom. The molecule has 5 rings (SSSR count). The van der Waals surface area contributed by atoms with Crippen molar-refractivity contribution < 1.29 is 9.53 Å². The van der Waals surface area contributed by atoms with Crippen molar-refractivity contribution in [3.63, 3.8) is 0 Å². The third-order valence-electron chi connectivity index (χ3n) is 5.74. The summed E-state index contributed by atoms with van der Waals surface area (Å²) in [5.41, 5.74) is 5.76. The Morgan fingerprint density at radius 2 is 2.10 bits per heavy atom. The van der Waals surface area contributed by atoms with Gasteiger partial charge in [0.1, 0.15) is 11.5 Å². The van der Waals surface area contributed by atoms with Crippen molar-refractivity contribution in [2.45, 2.75) is 26.3 Å². The molecule has 1 N–H and O–H groups in total. The molecule has 0 unspecified atom stereocenters. The summed E-state index contributed by atoms with van der Waals surface area (Å²) >= 11 is 0. The molecule has 0 atom stereocenters. The number of aryl methyl sites for hydroxylation is 1. The summed E-state index contributed by atoms with van der Waals surface area (Å²) in [6.45, 7) is 3.66. The fourth-order valence-electron chi connectivity index (χ4n) is 4.09. The number of nitrogens with one attached hydrogen (secondary N) is 1. The van der Waals surface area contributed by atoms with Gasteiger partial charge in [0.05, 0.1) is 12.7 Å². The van der Waals surface area contributed by atoms with Gasteiger partial charge in [-0.3, -0.25) is 4.98 Å². The first-order chi connectivity index (χ1) is 15.2. The number of fused-ring (bicyclic) bond motifs is 3. The van der Waals surface area contributed by atoms with Gasteiger partial charge in [-0.2, -0.15) is 0 Å². The largest absolute Gasteiger partial charge is 0.465 e. The van der Waals surface area contributed by atoms with Gasteiger partial charge in [0, 0.05) is 59.6 Å². The molecule has 0 bridgehead atoms. The zero-order valence-electron chi connectivity index (χ0n) is 17.6. The van der Waals surface area contributed by atoms with Crippen molar-refractivity contribution in [2.75, 3.05) is 18.6 Å². The summed E-state index contributed by atoms with van der Waals surface area (Å²) in [5.74, 6) is 1.22. The van der Waals surface area contributed by atoms with Gasteiger partial charge in [0.15, 0.2) is 5.82 Å². The van der Waals surface area contributed by atoms with E-state index in [1.165, 1.54) is 18.4 Å². The Labute approximate surface area is 180 Å². The first-order valence-corrected chi connectivity index (χ1v) is 10.4. The molecule has 0 spiro atoms. The predicted octanol–water partition coefficient (Wildman–Crippen LogP) is 3.93. The van der Waals surface area contributed by atoms with Gasteiger partial charge in [0.25, 0.3) is 0 Å². The second kappa shape index (κ2) is 7.83. The number of methoxy groups -OCH3 is 1. The number of aromatic amines is 1. The molecule has 0 amide bonds. The minimum absolute atomic E-state index is 0.326. The van der Waals surface area contributed by atoms with Crippen molar-refractivity contribution in [3.05, 3.63) is 71.2 Å². The van der Waals surface area contributed by atoms with E-state index in [0.29, 0.717) is 17.9 Å². The lowest BCUT2D eigenvalue weighted by molar-refractivity contribution is 0.0601. The summed E-state index contributed by atoms with van der Waals surface area (Å²) in [4.78, 5) is 31.7. The molecule has 1 aliphatic heterocycles. The molecule has 0 radical (unpaired) electrons. The molecular formula is C24H23N5O2. The topological polar surface area (TPSA) is 84.0 Å². The maximum absolute atomic E-state index is 12.0. The van der Waals surface area contributed by atoms with Crippen LogP contribution in [-0.2, 0) is 24.1 Å². The highest BCUT2D eigenvalue weighted by Gasteiger charge is 2.23. The SMILES string of the molecule is CCc1cc(N2CCc3[nH]c4ccc(C(=O)OC)cc4c3C2)nc(-c2ccccn2)n1. The van der Waals surface area contributed by atoms with Crippen LogP contribution in [0.5, 0.6) is 0 Å². The number of nitrogens with zero attached hydrogens (tertiary/aromatic N) is 4. The zero-order chi connectivity index (χ0) is 21.4. The first-order valence-electron chi connectivity index (χ1n) is 10.4. The fraction of sp³-hybridized carbons (Fsp3) is 0.250. The lowest BCUT2D eigenvalue weighted by Crippen LogP contribution is -2.31. The smallest absolute Gasteiger partial charge is 0.337 e. The molecule has 1 aliphatic rings. The number of aromatic nitrogens is 4. The van der Waals surface area contributed by atoms with Crippen LogP contribution in [0.15, 0.2) is 48.7 Å². The quantitative estimate of drug-likeness (QED) is 0.511. The Kier molecular flexibility index (Phi) is 4.86. The van der Waals surface area contributed by atoms with Crippen LogP contribution in [0.3, 0.4) is 0 Å². The van der Waals surface area contributed by atoms with Crippen LogP contribution in [0, 0.1) is 0 Å². The third kappa shape index (κ3) is 3.52. The van der Waals surface area contributed by atoms with Crippen LogP contribution in [0.4, 0.5) is 5.82 Å². The molecule has 0 saturated heterocycles. The van der Waals surface area contributed by atoms with E-state index in [1.807, 2.05) is 30.3 Å². The van der Waals surface area contributed by atoms with Crippen molar-refractivity contribution in [1.29, 1.82) is 0 Å². The van der Waals surface area contributed by atoms with Crippen molar-refractivity contribution in [2.24, 2.45) is 0 Å². The van der Waals surface area contributed by atoms with Crippen LogP contribution in [0.1, 0.15) is 34.2 Å². The summed E-state index contributed by atoms with van der Waals surface area (Å²) in [5, 5.41) is 1.05. The summed E-state index contributed by atoms with van der Waals surface area (Å²) in [6, 6.07) is 13.5. The molecule has 0 fully saturated rings. The Bertz CT molecular complexity index is 1270. The van der Waals surface area contributed by atoms with Gasteiger partial charge >= 0.3 is 5.97 Å². The van der Waals surface area contributed by atoms with Gasteiger partial charge in [-0.15, -0.1) is 0 Å². The number of rotatable bonds is 4. The third-order valence-corrected chi connectivity index (χ3v) is 5.74. The number of hydrogen-bond donors (Lipinski definition) is 1. The molecule has 7 heteroatoms. The van der Waals surface area contributed by atoms with E-state index in [2.05, 4.69) is 32.8 Å². The minimum atomic E-state index is -0.326. The molecule has 4 heterocycles. The highest BCUT2D eigenvalue weighted by molar-refractivity contribution is 5.96. The molecule has 7 nitrogen and oxygen atoms in total. The number of esters is 1. The average Bonchev–Trinajstić information content (AvgIpc) is 3.20. The van der Waals surface area contributed by atoms with Crippen LogP contribution in [0.2, 0.25) is 0 Å². The monoisotopic (exact) mass is 413 g/mol. The van der Waals surface area contributed by atoms with Crippen LogP contribution in [-0.4, -0.2) is 39.6 Å². The number of anilines is 1. The standard InChI is InChI=1S/C24H23N5O2/c1-3-16-13-22(28-23(26-16)21-6-4-5-10-25-21)29-11-9-20-18(14-29)17-12-15(24(30)31-2)7-8-19(17)27-20/h4-8,10,12-13,27H,3,9,11,14H2,1-2H3. The van der Waals surface area contributed by atoms with E-state index in [0.717, 1.165) is 47.5 Å². The van der Waals surface area contributed by atoms with Crippen LogP contribution in [0.25, 0.3) is 22.4 Å². The first kappa shape index (κ1) is 19.2. The second-order valence-electron chi connectivity index (χ2n) is 7.62. The predicted molar refractivity (Wildman–Crippen MR) is 119 cm³/mol. The molecule has 3 aromatic heterocycles. The molecule has 0 saturated carbocycles. The minimum Gasteiger partial charge on any atom is -0.465 e.